The first-order valence-electron chi connectivity index (χ1n) is 10.7. The second kappa shape index (κ2) is 10.6. The van der Waals surface area contributed by atoms with E-state index in [2.05, 4.69) is 10.3 Å². The van der Waals surface area contributed by atoms with Crippen molar-refractivity contribution in [1.29, 1.82) is 0 Å². The van der Waals surface area contributed by atoms with E-state index in [-0.39, 0.29) is 11.8 Å². The first-order chi connectivity index (χ1) is 16.3. The zero-order valence-corrected chi connectivity index (χ0v) is 19.8. The highest BCUT2D eigenvalue weighted by Gasteiger charge is 2.37. The average Bonchev–Trinajstić information content (AvgIpc) is 3.22. The minimum Gasteiger partial charge on any atom is -0.325 e. The van der Waals surface area contributed by atoms with Gasteiger partial charge in [0.15, 0.2) is 0 Å². The van der Waals surface area contributed by atoms with Crippen LogP contribution in [0.1, 0.15) is 35.2 Å². The lowest BCUT2D eigenvalue weighted by molar-refractivity contribution is -0.143. The number of thioether (sulfide) groups is 1. The lowest BCUT2D eigenvalue weighted by Gasteiger charge is -2.16. The van der Waals surface area contributed by atoms with Crippen LogP contribution in [-0.4, -0.2) is 46.8 Å². The van der Waals surface area contributed by atoms with Gasteiger partial charge in [-0.05, 0) is 64.5 Å². The molecule has 1 amide bonds. The van der Waals surface area contributed by atoms with Gasteiger partial charge in [-0.1, -0.05) is 11.8 Å². The molecule has 1 heterocycles. The molecule has 1 N–H and O–H groups in total. The van der Waals surface area contributed by atoms with Crippen LogP contribution < -0.4 is 11.0 Å². The summed E-state index contributed by atoms with van der Waals surface area (Å²) in [5.41, 5.74) is -2.39. The molecule has 6 nitrogen and oxygen atoms in total. The Hall–Kier alpha value is -2.54. The SMILES string of the molecule is CN(C)CCCn1c2c(c(SCC(=O)Nc3cc(C(F)(F)F)cc(C(F)(F)F)c3)nc1=O)CCC2. The van der Waals surface area contributed by atoms with Gasteiger partial charge >= 0.3 is 18.0 Å². The van der Waals surface area contributed by atoms with Crippen LogP contribution in [0.25, 0.3) is 0 Å². The number of rotatable bonds is 8. The molecule has 0 saturated carbocycles. The Morgan fingerprint density at radius 1 is 1.09 bits per heavy atom. The zero-order chi connectivity index (χ0) is 26.0. The summed E-state index contributed by atoms with van der Waals surface area (Å²) in [5.74, 6) is -1.15. The molecule has 1 aliphatic carbocycles. The van der Waals surface area contributed by atoms with Gasteiger partial charge in [0.05, 0.1) is 16.9 Å². The van der Waals surface area contributed by atoms with E-state index in [1.807, 2.05) is 19.0 Å². The minimum absolute atomic E-state index is 0.00876. The molecule has 192 valence electrons. The molecule has 35 heavy (non-hydrogen) atoms. The Kier molecular flexibility index (Phi) is 8.20. The van der Waals surface area contributed by atoms with Gasteiger partial charge in [0.1, 0.15) is 5.03 Å². The fourth-order valence-electron chi connectivity index (χ4n) is 3.84. The molecule has 0 spiro atoms. The van der Waals surface area contributed by atoms with Crippen LogP contribution >= 0.6 is 11.8 Å². The van der Waals surface area contributed by atoms with Crippen LogP contribution in [0.3, 0.4) is 0 Å². The highest BCUT2D eigenvalue weighted by Crippen LogP contribution is 2.37. The summed E-state index contributed by atoms with van der Waals surface area (Å²) in [4.78, 5) is 31.0. The van der Waals surface area contributed by atoms with Gasteiger partial charge in [0.25, 0.3) is 0 Å². The lowest BCUT2D eigenvalue weighted by atomic mass is 10.1. The van der Waals surface area contributed by atoms with Gasteiger partial charge in [-0.3, -0.25) is 9.36 Å². The molecular formula is C22H24F6N4O2S. The third-order valence-electron chi connectivity index (χ3n) is 5.40. The predicted molar refractivity (Wildman–Crippen MR) is 119 cm³/mol. The van der Waals surface area contributed by atoms with Crippen molar-refractivity contribution in [3.05, 3.63) is 51.1 Å². The van der Waals surface area contributed by atoms with E-state index in [0.29, 0.717) is 36.5 Å². The molecule has 0 aliphatic heterocycles. The molecular weight excluding hydrogens is 498 g/mol. The van der Waals surface area contributed by atoms with Gasteiger partial charge in [-0.15, -0.1) is 0 Å². The van der Waals surface area contributed by atoms with Crippen molar-refractivity contribution in [3.63, 3.8) is 0 Å². The van der Waals surface area contributed by atoms with Crippen molar-refractivity contribution in [3.8, 4) is 0 Å². The maximum Gasteiger partial charge on any atom is 0.416 e. The minimum atomic E-state index is -5.02. The number of alkyl halides is 6. The number of hydrogen-bond acceptors (Lipinski definition) is 5. The summed E-state index contributed by atoms with van der Waals surface area (Å²) in [6.45, 7) is 1.30. The highest BCUT2D eigenvalue weighted by atomic mass is 32.2. The standard InChI is InChI=1S/C22H24F6N4O2S/c1-31(2)7-4-8-32-17-6-3-5-16(17)19(30-20(32)34)35-12-18(33)29-15-10-13(21(23,24)25)9-14(11-15)22(26,27)28/h9-11H,3-8,12H2,1-2H3,(H,29,33). The normalized spacial score (nSPS) is 13.9. The number of nitrogens with zero attached hydrogens (tertiary/aromatic N) is 3. The molecule has 1 aromatic carbocycles. The largest absolute Gasteiger partial charge is 0.416 e. The van der Waals surface area contributed by atoms with E-state index >= 15 is 0 Å². The second-order valence-electron chi connectivity index (χ2n) is 8.42. The van der Waals surface area contributed by atoms with Crippen molar-refractivity contribution in [1.82, 2.24) is 14.5 Å². The van der Waals surface area contributed by atoms with Crippen molar-refractivity contribution in [2.45, 2.75) is 49.6 Å². The summed E-state index contributed by atoms with van der Waals surface area (Å²) >= 11 is 0.935. The first kappa shape index (κ1) is 27.1. The maximum absolute atomic E-state index is 13.0. The highest BCUT2D eigenvalue weighted by molar-refractivity contribution is 8.00. The molecule has 1 aromatic heterocycles. The molecule has 3 rings (SSSR count). The van der Waals surface area contributed by atoms with Crippen LogP contribution in [0.2, 0.25) is 0 Å². The monoisotopic (exact) mass is 522 g/mol. The predicted octanol–water partition coefficient (Wildman–Crippen LogP) is 4.45. The summed E-state index contributed by atoms with van der Waals surface area (Å²) in [7, 11) is 3.86. The van der Waals surface area contributed by atoms with E-state index in [0.717, 1.165) is 42.4 Å². The van der Waals surface area contributed by atoms with E-state index in [1.54, 1.807) is 4.57 Å². The number of amides is 1. The third kappa shape index (κ3) is 7.00. The van der Waals surface area contributed by atoms with E-state index in [4.69, 9.17) is 0 Å². The summed E-state index contributed by atoms with van der Waals surface area (Å²) < 4.78 is 79.8. The van der Waals surface area contributed by atoms with Crippen molar-refractivity contribution >= 4 is 23.4 Å². The maximum atomic E-state index is 13.0. The van der Waals surface area contributed by atoms with Crippen LogP contribution in [0.5, 0.6) is 0 Å². The van der Waals surface area contributed by atoms with Crippen molar-refractivity contribution in [2.24, 2.45) is 0 Å². The lowest BCUT2D eigenvalue weighted by Crippen LogP contribution is -2.29. The summed E-state index contributed by atoms with van der Waals surface area (Å²) in [6.07, 6.45) is -7.10. The molecule has 0 radical (unpaired) electrons. The smallest absolute Gasteiger partial charge is 0.325 e. The number of nitrogens with one attached hydrogen (secondary N) is 1. The average molecular weight is 523 g/mol. The zero-order valence-electron chi connectivity index (χ0n) is 19.0. The molecule has 0 fully saturated rings. The molecule has 0 bridgehead atoms. The van der Waals surface area contributed by atoms with E-state index < -0.39 is 40.8 Å². The Bertz CT molecular complexity index is 1110. The number of aromatic nitrogens is 2. The fraction of sp³-hybridized carbons (Fsp3) is 0.500. The van der Waals surface area contributed by atoms with Gasteiger partial charge in [-0.25, -0.2) is 4.79 Å². The molecule has 1 aliphatic rings. The number of carbonyl (C=O) groups is 1. The van der Waals surface area contributed by atoms with Gasteiger partial charge in [0.2, 0.25) is 5.91 Å². The van der Waals surface area contributed by atoms with Crippen molar-refractivity contribution in [2.75, 3.05) is 31.7 Å². The van der Waals surface area contributed by atoms with Crippen LogP contribution in [0.15, 0.2) is 28.0 Å². The summed E-state index contributed by atoms with van der Waals surface area (Å²) in [6, 6.07) is 0.885. The number of carbonyl (C=O) groups excluding carboxylic acids is 1. The van der Waals surface area contributed by atoms with E-state index in [1.165, 1.54) is 0 Å². The second-order valence-corrected chi connectivity index (χ2v) is 9.38. The third-order valence-corrected chi connectivity index (χ3v) is 6.42. The van der Waals surface area contributed by atoms with Crippen LogP contribution in [0.4, 0.5) is 32.0 Å². The number of fused-ring (bicyclic) bond motifs is 1. The Balaban J connectivity index is 1.74. The molecule has 0 saturated heterocycles. The first-order valence-corrected chi connectivity index (χ1v) is 11.7. The Morgan fingerprint density at radius 2 is 1.71 bits per heavy atom. The number of anilines is 1. The van der Waals surface area contributed by atoms with Gasteiger partial charge < -0.3 is 10.2 Å². The van der Waals surface area contributed by atoms with E-state index in [9.17, 15) is 35.9 Å². The van der Waals surface area contributed by atoms with Crippen LogP contribution in [0, 0.1) is 0 Å². The molecule has 2 aromatic rings. The number of hydrogen-bond donors (Lipinski definition) is 1. The molecule has 13 heteroatoms. The quantitative estimate of drug-likeness (QED) is 0.315. The van der Waals surface area contributed by atoms with Crippen molar-refractivity contribution < 1.29 is 31.1 Å². The van der Waals surface area contributed by atoms with Gasteiger partial charge in [-0.2, -0.15) is 31.3 Å². The van der Waals surface area contributed by atoms with Crippen LogP contribution in [-0.2, 0) is 36.5 Å². The van der Waals surface area contributed by atoms with Gasteiger partial charge in [0, 0.05) is 23.5 Å². The topological polar surface area (TPSA) is 67.2 Å². The number of halogens is 6. The summed E-state index contributed by atoms with van der Waals surface area (Å²) in [5, 5.41) is 2.46. The molecule has 0 atom stereocenters. The molecule has 0 unspecified atom stereocenters. The Labute approximate surface area is 201 Å². The Morgan fingerprint density at radius 3 is 2.29 bits per heavy atom. The number of benzene rings is 1. The fourth-order valence-corrected chi connectivity index (χ4v) is 4.72.